The van der Waals surface area contributed by atoms with Crippen molar-refractivity contribution >= 4 is 35.4 Å². The highest BCUT2D eigenvalue weighted by Gasteiger charge is 2.41. The van der Waals surface area contributed by atoms with E-state index in [-0.39, 0.29) is 36.8 Å². The molecule has 2 amide bonds. The van der Waals surface area contributed by atoms with Crippen LogP contribution in [0.15, 0.2) is 71.3 Å². The van der Waals surface area contributed by atoms with E-state index in [1.165, 1.54) is 7.11 Å². The molecule has 9 nitrogen and oxygen atoms in total. The summed E-state index contributed by atoms with van der Waals surface area (Å²) in [7, 11) is 1.24. The predicted molar refractivity (Wildman–Crippen MR) is 133 cm³/mol. The maximum atomic E-state index is 13.2. The number of nitrogens with zero attached hydrogens (tertiary/aromatic N) is 1. The maximum absolute atomic E-state index is 13.2. The molecule has 2 aliphatic rings. The van der Waals surface area contributed by atoms with Crippen LogP contribution in [0.1, 0.15) is 46.0 Å². The highest BCUT2D eigenvalue weighted by Crippen LogP contribution is 2.42. The zero-order valence-corrected chi connectivity index (χ0v) is 21.3. The highest BCUT2D eigenvalue weighted by atomic mass is 35.5. The lowest BCUT2D eigenvalue weighted by Crippen LogP contribution is -2.36. The molecule has 2 heterocycles. The first-order chi connectivity index (χ1) is 17.8. The number of halogens is 1. The monoisotopic (exact) mass is 524 g/mol. The largest absolute Gasteiger partial charge is 0.477 e. The minimum absolute atomic E-state index is 0.0170. The second kappa shape index (κ2) is 10.9. The van der Waals surface area contributed by atoms with Crippen molar-refractivity contribution in [2.75, 3.05) is 26.9 Å². The summed E-state index contributed by atoms with van der Waals surface area (Å²) in [6.45, 7) is 3.20. The molecule has 2 aromatic carbocycles. The summed E-state index contributed by atoms with van der Waals surface area (Å²) < 4.78 is 16.2. The average molecular weight is 525 g/mol. The number of nitrogens with one attached hydrogen (secondary N) is 1. The van der Waals surface area contributed by atoms with Gasteiger partial charge < -0.3 is 19.5 Å². The third-order valence-corrected chi connectivity index (χ3v) is 6.43. The van der Waals surface area contributed by atoms with Gasteiger partial charge in [0.2, 0.25) is 5.88 Å². The van der Waals surface area contributed by atoms with Crippen molar-refractivity contribution in [1.82, 2.24) is 10.2 Å². The normalized spacial score (nSPS) is 17.0. The van der Waals surface area contributed by atoms with Gasteiger partial charge in [0.15, 0.2) is 0 Å². The number of allylic oxidation sites excluding steroid dienone is 1. The lowest BCUT2D eigenvalue weighted by Gasteiger charge is -2.31. The molecule has 192 valence electrons. The van der Waals surface area contributed by atoms with Crippen LogP contribution in [0, 0.1) is 0 Å². The minimum Gasteiger partial charge on any atom is -0.477 e. The van der Waals surface area contributed by atoms with Crippen molar-refractivity contribution < 1.29 is 33.4 Å². The standard InChI is InChI=1S/C27H25ClN2O7/c1-4-36-27(34)22-21(18-11-7-8-12-19(18)28)20(26(33)35-3)15(2)29-23(22)37-14-13-30-24(31)16-9-5-6-10-17(16)25(30)32/h5-12,21,29H,4,13-14H2,1-3H3. The van der Waals surface area contributed by atoms with Gasteiger partial charge in [-0.25, -0.2) is 9.59 Å². The van der Waals surface area contributed by atoms with Crippen molar-refractivity contribution in [2.24, 2.45) is 0 Å². The van der Waals surface area contributed by atoms with Gasteiger partial charge in [-0.15, -0.1) is 0 Å². The molecule has 0 aromatic heterocycles. The van der Waals surface area contributed by atoms with Crippen LogP contribution < -0.4 is 5.32 Å². The molecule has 1 unspecified atom stereocenters. The summed E-state index contributed by atoms with van der Waals surface area (Å²) in [5.41, 5.74) is 1.72. The first kappa shape index (κ1) is 26.0. The molecule has 0 aliphatic carbocycles. The molecule has 10 heteroatoms. The fraction of sp³-hybridized carbons (Fsp3) is 0.259. The van der Waals surface area contributed by atoms with E-state index in [1.807, 2.05) is 0 Å². The number of dihydropyridines is 1. The molecule has 1 N–H and O–H groups in total. The number of amides is 2. The number of esters is 2. The summed E-state index contributed by atoms with van der Waals surface area (Å²) >= 11 is 6.49. The van der Waals surface area contributed by atoms with Crippen LogP contribution in [0.4, 0.5) is 0 Å². The van der Waals surface area contributed by atoms with Gasteiger partial charge in [0.1, 0.15) is 12.2 Å². The van der Waals surface area contributed by atoms with E-state index in [2.05, 4.69) is 5.32 Å². The Hall–Kier alpha value is -4.11. The van der Waals surface area contributed by atoms with Crippen molar-refractivity contribution in [3.05, 3.63) is 93.0 Å². The second-order valence-electron chi connectivity index (χ2n) is 8.23. The van der Waals surface area contributed by atoms with E-state index in [0.29, 0.717) is 27.4 Å². The summed E-state index contributed by atoms with van der Waals surface area (Å²) in [5, 5.41) is 3.29. The molecular weight excluding hydrogens is 500 g/mol. The molecule has 0 spiro atoms. The number of ether oxygens (including phenoxy) is 3. The molecule has 37 heavy (non-hydrogen) atoms. The Kier molecular flexibility index (Phi) is 7.63. The van der Waals surface area contributed by atoms with Crippen LogP contribution >= 0.6 is 11.6 Å². The Morgan fingerprint density at radius 1 is 0.973 bits per heavy atom. The molecule has 0 radical (unpaired) electrons. The lowest BCUT2D eigenvalue weighted by molar-refractivity contribution is -0.139. The Morgan fingerprint density at radius 2 is 1.59 bits per heavy atom. The molecule has 0 saturated heterocycles. The maximum Gasteiger partial charge on any atom is 0.340 e. The Labute approximate surface area is 218 Å². The molecule has 0 bridgehead atoms. The van der Waals surface area contributed by atoms with Crippen LogP contribution in [0.2, 0.25) is 5.02 Å². The number of hydrogen-bond donors (Lipinski definition) is 1. The van der Waals surface area contributed by atoms with Gasteiger partial charge in [-0.3, -0.25) is 14.5 Å². The van der Waals surface area contributed by atoms with Gasteiger partial charge >= 0.3 is 11.9 Å². The number of methoxy groups -OCH3 is 1. The number of imide groups is 1. The minimum atomic E-state index is -0.948. The first-order valence-corrected chi connectivity index (χ1v) is 12.0. The molecule has 2 aliphatic heterocycles. The average Bonchev–Trinajstić information content (AvgIpc) is 3.13. The van der Waals surface area contributed by atoms with Crippen LogP contribution in [-0.4, -0.2) is 55.5 Å². The van der Waals surface area contributed by atoms with Crippen LogP contribution in [0.25, 0.3) is 0 Å². The second-order valence-corrected chi connectivity index (χ2v) is 8.64. The van der Waals surface area contributed by atoms with Gasteiger partial charge in [0.25, 0.3) is 11.8 Å². The number of hydrogen-bond acceptors (Lipinski definition) is 8. The fourth-order valence-electron chi connectivity index (χ4n) is 4.41. The number of fused-ring (bicyclic) bond motifs is 1. The van der Waals surface area contributed by atoms with Gasteiger partial charge in [-0.1, -0.05) is 41.9 Å². The summed E-state index contributed by atoms with van der Waals surface area (Å²) in [6, 6.07) is 13.4. The van der Waals surface area contributed by atoms with Gasteiger partial charge in [0, 0.05) is 10.7 Å². The van der Waals surface area contributed by atoms with Crippen LogP contribution in [0.3, 0.4) is 0 Å². The third kappa shape index (κ3) is 4.82. The third-order valence-electron chi connectivity index (χ3n) is 6.08. The first-order valence-electron chi connectivity index (χ1n) is 11.6. The molecule has 4 rings (SSSR count). The van der Waals surface area contributed by atoms with Crippen molar-refractivity contribution in [2.45, 2.75) is 19.8 Å². The van der Waals surface area contributed by atoms with E-state index in [4.69, 9.17) is 25.8 Å². The van der Waals surface area contributed by atoms with Crippen LogP contribution in [0.5, 0.6) is 0 Å². The van der Waals surface area contributed by atoms with E-state index in [0.717, 1.165) is 4.90 Å². The summed E-state index contributed by atoms with van der Waals surface area (Å²) in [6.07, 6.45) is 0. The van der Waals surface area contributed by atoms with E-state index < -0.39 is 29.7 Å². The molecule has 2 aromatic rings. The molecule has 0 saturated carbocycles. The topological polar surface area (TPSA) is 111 Å². The Morgan fingerprint density at radius 3 is 2.19 bits per heavy atom. The SMILES string of the molecule is CCOC(=O)C1=C(OCCN2C(=O)c3ccccc3C2=O)NC(C)=C(C(=O)OC)C1c1ccccc1Cl. The number of benzene rings is 2. The fourth-order valence-corrected chi connectivity index (χ4v) is 4.66. The van der Waals surface area contributed by atoms with Crippen molar-refractivity contribution in [3.8, 4) is 0 Å². The van der Waals surface area contributed by atoms with Crippen molar-refractivity contribution in [1.29, 1.82) is 0 Å². The predicted octanol–water partition coefficient (Wildman–Crippen LogP) is 3.56. The zero-order chi connectivity index (χ0) is 26.7. The van der Waals surface area contributed by atoms with Crippen molar-refractivity contribution in [3.63, 3.8) is 0 Å². The molecule has 0 fully saturated rings. The van der Waals surface area contributed by atoms with E-state index in [1.54, 1.807) is 62.4 Å². The summed E-state index contributed by atoms with van der Waals surface area (Å²) in [4.78, 5) is 52.5. The van der Waals surface area contributed by atoms with Gasteiger partial charge in [-0.2, -0.15) is 0 Å². The molecule has 1 atom stereocenters. The van der Waals surface area contributed by atoms with E-state index >= 15 is 0 Å². The van der Waals surface area contributed by atoms with Crippen LogP contribution in [-0.2, 0) is 23.8 Å². The number of carbonyl (C=O) groups excluding carboxylic acids is 4. The Balaban J connectivity index is 1.69. The smallest absolute Gasteiger partial charge is 0.340 e. The molecular formula is C27H25ClN2O7. The Bertz CT molecular complexity index is 1310. The van der Waals surface area contributed by atoms with Gasteiger partial charge in [0.05, 0.1) is 42.9 Å². The number of rotatable bonds is 8. The quantitative estimate of drug-likeness (QED) is 0.412. The summed E-state index contributed by atoms with van der Waals surface area (Å²) in [5.74, 6) is -3.12. The van der Waals surface area contributed by atoms with Gasteiger partial charge in [-0.05, 0) is 37.6 Å². The van der Waals surface area contributed by atoms with E-state index in [9.17, 15) is 19.2 Å². The number of carbonyl (C=O) groups is 4. The highest BCUT2D eigenvalue weighted by molar-refractivity contribution is 6.31. The zero-order valence-electron chi connectivity index (χ0n) is 20.5. The lowest BCUT2D eigenvalue weighted by atomic mass is 9.81.